The number of phenols is 1. The van der Waals surface area contributed by atoms with Crippen LogP contribution in [0, 0.1) is 0 Å². The molecule has 2 aromatic rings. The molecule has 8 nitrogen and oxygen atoms in total. The van der Waals surface area contributed by atoms with Crippen molar-refractivity contribution < 1.29 is 19.4 Å². The predicted octanol–water partition coefficient (Wildman–Crippen LogP) is 5.01. The second-order valence-corrected chi connectivity index (χ2v) is 6.58. The standard InChI is InChI=1S/C20H22N4O4/c1-4-5-18-14(6-11-17(13(2)25)19(18)26)12-27-15-7-9-16(10-8-15)28-20(3)21-23-24-22-20/h6-11,26H,4-5,12H2,1-3H3. The van der Waals surface area contributed by atoms with Gasteiger partial charge in [0.05, 0.1) is 5.56 Å². The molecule has 146 valence electrons. The van der Waals surface area contributed by atoms with Crippen molar-refractivity contribution in [1.82, 2.24) is 0 Å². The monoisotopic (exact) mass is 382 g/mol. The first-order valence-electron chi connectivity index (χ1n) is 9.02. The lowest BCUT2D eigenvalue weighted by Gasteiger charge is -2.17. The molecule has 0 spiro atoms. The van der Waals surface area contributed by atoms with E-state index >= 15 is 0 Å². The molecule has 8 heteroatoms. The normalized spacial score (nSPS) is 14.2. The minimum absolute atomic E-state index is 0.0485. The number of hydrogen-bond acceptors (Lipinski definition) is 8. The number of ether oxygens (including phenoxy) is 2. The van der Waals surface area contributed by atoms with Crippen molar-refractivity contribution in [2.24, 2.45) is 20.7 Å². The predicted molar refractivity (Wildman–Crippen MR) is 102 cm³/mol. The number of benzene rings is 2. The highest BCUT2D eigenvalue weighted by Crippen LogP contribution is 2.30. The third-order valence-electron chi connectivity index (χ3n) is 4.29. The lowest BCUT2D eigenvalue weighted by molar-refractivity contribution is 0.101. The number of aromatic hydroxyl groups is 1. The van der Waals surface area contributed by atoms with E-state index in [2.05, 4.69) is 20.7 Å². The van der Waals surface area contributed by atoms with Gasteiger partial charge in [-0.15, -0.1) is 0 Å². The van der Waals surface area contributed by atoms with Gasteiger partial charge >= 0.3 is 5.85 Å². The molecule has 1 N–H and O–H groups in total. The van der Waals surface area contributed by atoms with Gasteiger partial charge in [0.15, 0.2) is 5.78 Å². The van der Waals surface area contributed by atoms with Gasteiger partial charge in [0.1, 0.15) is 23.9 Å². The Morgan fingerprint density at radius 1 is 1.07 bits per heavy atom. The van der Waals surface area contributed by atoms with Crippen LogP contribution in [0.5, 0.6) is 17.2 Å². The minimum Gasteiger partial charge on any atom is -0.507 e. The molecule has 3 rings (SSSR count). The van der Waals surface area contributed by atoms with E-state index in [0.717, 1.165) is 17.5 Å². The maximum atomic E-state index is 11.7. The van der Waals surface area contributed by atoms with Crippen molar-refractivity contribution in [3.05, 3.63) is 53.1 Å². The third-order valence-corrected chi connectivity index (χ3v) is 4.29. The summed E-state index contributed by atoms with van der Waals surface area (Å²) in [6.07, 6.45) is 1.52. The first-order valence-corrected chi connectivity index (χ1v) is 9.02. The van der Waals surface area contributed by atoms with Crippen LogP contribution in [-0.2, 0) is 13.0 Å². The number of Topliss-reactive ketones (excluding diaryl/α,β-unsaturated/α-hetero) is 1. The minimum atomic E-state index is -1.13. The Balaban J connectivity index is 1.70. The summed E-state index contributed by atoms with van der Waals surface area (Å²) in [6, 6.07) is 10.5. The Morgan fingerprint density at radius 3 is 2.32 bits per heavy atom. The summed E-state index contributed by atoms with van der Waals surface area (Å²) in [5.74, 6) is -0.0391. The summed E-state index contributed by atoms with van der Waals surface area (Å²) in [7, 11) is 0. The molecule has 0 bridgehead atoms. The number of nitrogens with zero attached hydrogens (tertiary/aromatic N) is 4. The first kappa shape index (κ1) is 19.5. The maximum Gasteiger partial charge on any atom is 0.334 e. The molecule has 0 atom stereocenters. The number of phenolic OH excluding ortho intramolecular Hbond substituents is 1. The molecule has 1 aliphatic heterocycles. The van der Waals surface area contributed by atoms with Crippen molar-refractivity contribution in [3.8, 4) is 17.2 Å². The quantitative estimate of drug-likeness (QED) is 0.648. The van der Waals surface area contributed by atoms with Gasteiger partial charge in [-0.2, -0.15) is 0 Å². The third kappa shape index (κ3) is 4.33. The Bertz CT molecular complexity index is 911. The first-order chi connectivity index (χ1) is 13.4. The van der Waals surface area contributed by atoms with Gasteiger partial charge < -0.3 is 14.6 Å². The Hall–Kier alpha value is -3.29. The van der Waals surface area contributed by atoms with Crippen LogP contribution < -0.4 is 9.47 Å². The van der Waals surface area contributed by atoms with Gasteiger partial charge in [0, 0.05) is 12.5 Å². The topological polar surface area (TPSA) is 105 Å². The van der Waals surface area contributed by atoms with Crippen molar-refractivity contribution in [1.29, 1.82) is 0 Å². The fourth-order valence-corrected chi connectivity index (χ4v) is 2.88. The summed E-state index contributed by atoms with van der Waals surface area (Å²) in [5.41, 5.74) is 1.94. The van der Waals surface area contributed by atoms with E-state index in [9.17, 15) is 9.90 Å². The van der Waals surface area contributed by atoms with Crippen LogP contribution >= 0.6 is 0 Å². The van der Waals surface area contributed by atoms with Gasteiger partial charge in [-0.1, -0.05) is 29.6 Å². The highest BCUT2D eigenvalue weighted by molar-refractivity contribution is 5.97. The van der Waals surface area contributed by atoms with E-state index in [1.165, 1.54) is 6.92 Å². The Morgan fingerprint density at radius 2 is 1.71 bits per heavy atom. The lowest BCUT2D eigenvalue weighted by Crippen LogP contribution is -2.24. The van der Waals surface area contributed by atoms with E-state index in [-0.39, 0.29) is 18.1 Å². The Kier molecular flexibility index (Phi) is 5.67. The number of ketones is 1. The van der Waals surface area contributed by atoms with Crippen LogP contribution in [0.15, 0.2) is 57.1 Å². The molecule has 2 aromatic carbocycles. The van der Waals surface area contributed by atoms with Gasteiger partial charge in [-0.05, 0) is 59.7 Å². The number of carbonyl (C=O) groups is 1. The molecular formula is C20H22N4O4. The lowest BCUT2D eigenvalue weighted by atomic mass is 9.97. The molecule has 0 saturated heterocycles. The number of hydrogen-bond donors (Lipinski definition) is 1. The summed E-state index contributed by atoms with van der Waals surface area (Å²) in [4.78, 5) is 11.7. The second-order valence-electron chi connectivity index (χ2n) is 6.58. The molecular weight excluding hydrogens is 360 g/mol. The van der Waals surface area contributed by atoms with E-state index in [0.29, 0.717) is 23.5 Å². The zero-order valence-corrected chi connectivity index (χ0v) is 16.0. The van der Waals surface area contributed by atoms with Crippen LogP contribution in [-0.4, -0.2) is 16.7 Å². The largest absolute Gasteiger partial charge is 0.507 e. The second kappa shape index (κ2) is 8.16. The Labute approximate surface area is 162 Å². The molecule has 0 aliphatic carbocycles. The average Bonchev–Trinajstić information content (AvgIpc) is 3.09. The number of carbonyl (C=O) groups excluding carboxylic acids is 1. The van der Waals surface area contributed by atoms with Crippen LogP contribution in [0.4, 0.5) is 0 Å². The van der Waals surface area contributed by atoms with E-state index in [4.69, 9.17) is 9.47 Å². The van der Waals surface area contributed by atoms with Crippen molar-refractivity contribution in [2.75, 3.05) is 0 Å². The highest BCUT2D eigenvalue weighted by atomic mass is 16.5. The highest BCUT2D eigenvalue weighted by Gasteiger charge is 2.28. The fourth-order valence-electron chi connectivity index (χ4n) is 2.88. The van der Waals surface area contributed by atoms with E-state index in [1.54, 1.807) is 37.3 Å². The summed E-state index contributed by atoms with van der Waals surface area (Å²) >= 11 is 0. The van der Waals surface area contributed by atoms with Gasteiger partial charge in [-0.3, -0.25) is 4.79 Å². The summed E-state index contributed by atoms with van der Waals surface area (Å²) in [6.45, 7) is 5.40. The van der Waals surface area contributed by atoms with E-state index < -0.39 is 5.85 Å². The molecule has 1 heterocycles. The van der Waals surface area contributed by atoms with Crippen molar-refractivity contribution in [3.63, 3.8) is 0 Å². The van der Waals surface area contributed by atoms with Crippen LogP contribution in [0.1, 0.15) is 48.7 Å². The summed E-state index contributed by atoms with van der Waals surface area (Å²) < 4.78 is 11.5. The van der Waals surface area contributed by atoms with Crippen molar-refractivity contribution in [2.45, 2.75) is 46.1 Å². The zero-order valence-electron chi connectivity index (χ0n) is 16.0. The summed E-state index contributed by atoms with van der Waals surface area (Å²) in [5, 5.41) is 25.0. The zero-order chi connectivity index (χ0) is 20.1. The molecule has 28 heavy (non-hydrogen) atoms. The van der Waals surface area contributed by atoms with Gasteiger partial charge in [-0.25, -0.2) is 0 Å². The van der Waals surface area contributed by atoms with Crippen LogP contribution in [0.25, 0.3) is 0 Å². The SMILES string of the molecule is CCCc1c(COc2ccc(OC3(C)N=NN=N3)cc2)ccc(C(C)=O)c1O. The maximum absolute atomic E-state index is 11.7. The molecule has 0 radical (unpaired) electrons. The molecule has 0 saturated carbocycles. The van der Waals surface area contributed by atoms with Crippen LogP contribution in [0.2, 0.25) is 0 Å². The van der Waals surface area contributed by atoms with Crippen LogP contribution in [0.3, 0.4) is 0 Å². The molecule has 0 aromatic heterocycles. The average molecular weight is 382 g/mol. The molecule has 0 amide bonds. The van der Waals surface area contributed by atoms with E-state index in [1.807, 2.05) is 13.0 Å². The molecule has 0 unspecified atom stereocenters. The smallest absolute Gasteiger partial charge is 0.334 e. The van der Waals surface area contributed by atoms with Gasteiger partial charge in [0.2, 0.25) is 0 Å². The fraction of sp³-hybridized carbons (Fsp3) is 0.350. The van der Waals surface area contributed by atoms with Gasteiger partial charge in [0.25, 0.3) is 0 Å². The van der Waals surface area contributed by atoms with Crippen molar-refractivity contribution >= 4 is 5.78 Å². The number of rotatable bonds is 8. The molecule has 0 fully saturated rings. The molecule has 1 aliphatic rings.